The molecule has 0 N–H and O–H groups in total. The molecule has 0 amide bonds. The average molecular weight is 309 g/mol. The molecule has 1 aromatic heterocycles. The highest BCUT2D eigenvalue weighted by Crippen LogP contribution is 2.36. The van der Waals surface area contributed by atoms with Crippen LogP contribution >= 0.6 is 11.3 Å². The fraction of sp³-hybridized carbons (Fsp3) is 0.278. The van der Waals surface area contributed by atoms with E-state index in [2.05, 4.69) is 59.8 Å². The molecule has 0 aliphatic carbocycles. The summed E-state index contributed by atoms with van der Waals surface area (Å²) in [6.07, 6.45) is 4.46. The maximum absolute atomic E-state index is 8.91. The van der Waals surface area contributed by atoms with Crippen LogP contribution in [0.3, 0.4) is 0 Å². The van der Waals surface area contributed by atoms with Crippen molar-refractivity contribution in [2.45, 2.75) is 32.9 Å². The van der Waals surface area contributed by atoms with Crippen molar-refractivity contribution >= 4 is 22.7 Å². The first-order valence-corrected chi connectivity index (χ1v) is 8.37. The standard InChI is InChI=1S/C18H19N3S/c1-13(2)17-11-22-12-18(17)21-9-8-20(14(21)3)16-6-4-15(10-19)5-7-16/h4-9,11-14H,1-3H3. The molecule has 3 rings (SSSR count). The first kappa shape index (κ1) is 14.7. The van der Waals surface area contributed by atoms with Gasteiger partial charge in [-0.15, -0.1) is 11.3 Å². The zero-order valence-electron chi connectivity index (χ0n) is 13.0. The highest BCUT2D eigenvalue weighted by molar-refractivity contribution is 7.08. The van der Waals surface area contributed by atoms with E-state index in [1.807, 2.05) is 24.3 Å². The quantitative estimate of drug-likeness (QED) is 0.809. The van der Waals surface area contributed by atoms with E-state index in [4.69, 9.17) is 5.26 Å². The van der Waals surface area contributed by atoms with Gasteiger partial charge in [-0.2, -0.15) is 5.26 Å². The van der Waals surface area contributed by atoms with Crippen LogP contribution in [-0.4, -0.2) is 6.17 Å². The summed E-state index contributed by atoms with van der Waals surface area (Å²) in [4.78, 5) is 4.53. The molecule has 2 heterocycles. The van der Waals surface area contributed by atoms with Gasteiger partial charge in [-0.1, -0.05) is 13.8 Å². The van der Waals surface area contributed by atoms with Crippen molar-refractivity contribution in [1.29, 1.82) is 5.26 Å². The van der Waals surface area contributed by atoms with Gasteiger partial charge in [-0.3, -0.25) is 0 Å². The molecule has 0 saturated heterocycles. The monoisotopic (exact) mass is 309 g/mol. The van der Waals surface area contributed by atoms with E-state index in [0.717, 1.165) is 5.69 Å². The zero-order valence-corrected chi connectivity index (χ0v) is 13.8. The minimum absolute atomic E-state index is 0.222. The normalized spacial score (nSPS) is 17.3. The molecule has 0 fully saturated rings. The number of nitriles is 1. The third-order valence-electron chi connectivity index (χ3n) is 4.06. The highest BCUT2D eigenvalue weighted by atomic mass is 32.1. The molecule has 0 bridgehead atoms. The first-order valence-electron chi connectivity index (χ1n) is 7.43. The molecular formula is C18H19N3S. The van der Waals surface area contributed by atoms with Crippen molar-refractivity contribution < 1.29 is 0 Å². The molecule has 1 aliphatic heterocycles. The number of nitrogens with zero attached hydrogens (tertiary/aromatic N) is 3. The van der Waals surface area contributed by atoms with Crippen LogP contribution in [0.4, 0.5) is 11.4 Å². The lowest BCUT2D eigenvalue weighted by Crippen LogP contribution is -2.36. The van der Waals surface area contributed by atoms with Gasteiger partial charge in [0.05, 0.1) is 17.3 Å². The zero-order chi connectivity index (χ0) is 15.7. The Bertz CT molecular complexity index is 722. The number of benzene rings is 1. The maximum atomic E-state index is 8.91. The highest BCUT2D eigenvalue weighted by Gasteiger charge is 2.26. The molecule has 1 aromatic carbocycles. The summed E-state index contributed by atoms with van der Waals surface area (Å²) in [6, 6.07) is 9.89. The van der Waals surface area contributed by atoms with Crippen LogP contribution in [0.1, 0.15) is 37.8 Å². The lowest BCUT2D eigenvalue weighted by molar-refractivity contribution is 0.742. The van der Waals surface area contributed by atoms with Crippen LogP contribution in [0.5, 0.6) is 0 Å². The Morgan fingerprint density at radius 2 is 1.77 bits per heavy atom. The number of rotatable bonds is 3. The Morgan fingerprint density at radius 3 is 2.41 bits per heavy atom. The molecular weight excluding hydrogens is 290 g/mol. The molecule has 0 radical (unpaired) electrons. The Labute approximate surface area is 135 Å². The van der Waals surface area contributed by atoms with E-state index in [1.165, 1.54) is 11.3 Å². The van der Waals surface area contributed by atoms with Crippen LogP contribution in [0.15, 0.2) is 47.4 Å². The van der Waals surface area contributed by atoms with E-state index in [9.17, 15) is 0 Å². The van der Waals surface area contributed by atoms with Crippen molar-refractivity contribution in [2.24, 2.45) is 0 Å². The second-order valence-electron chi connectivity index (χ2n) is 5.77. The van der Waals surface area contributed by atoms with E-state index >= 15 is 0 Å². The predicted octanol–water partition coefficient (Wildman–Crippen LogP) is 4.89. The summed E-state index contributed by atoms with van der Waals surface area (Å²) in [5.74, 6) is 0.519. The summed E-state index contributed by atoms with van der Waals surface area (Å²) < 4.78 is 0. The predicted molar refractivity (Wildman–Crippen MR) is 93.1 cm³/mol. The number of anilines is 2. The van der Waals surface area contributed by atoms with E-state index in [0.29, 0.717) is 11.5 Å². The van der Waals surface area contributed by atoms with Gasteiger partial charge in [0, 0.05) is 23.5 Å². The molecule has 4 heteroatoms. The third kappa shape index (κ3) is 2.49. The van der Waals surface area contributed by atoms with Crippen LogP contribution in [0.25, 0.3) is 0 Å². The summed E-state index contributed by atoms with van der Waals surface area (Å²) >= 11 is 1.76. The van der Waals surface area contributed by atoms with Gasteiger partial charge in [-0.05, 0) is 48.1 Å². The lowest BCUT2D eigenvalue weighted by Gasteiger charge is -2.30. The van der Waals surface area contributed by atoms with Gasteiger partial charge in [0.1, 0.15) is 6.17 Å². The van der Waals surface area contributed by atoms with Gasteiger partial charge in [0.25, 0.3) is 0 Å². The van der Waals surface area contributed by atoms with Crippen LogP contribution in [0.2, 0.25) is 0 Å². The van der Waals surface area contributed by atoms with Crippen molar-refractivity contribution in [3.63, 3.8) is 0 Å². The van der Waals surface area contributed by atoms with Crippen molar-refractivity contribution in [3.05, 3.63) is 58.6 Å². The van der Waals surface area contributed by atoms with Gasteiger partial charge >= 0.3 is 0 Å². The molecule has 1 atom stereocenters. The number of hydrogen-bond acceptors (Lipinski definition) is 4. The van der Waals surface area contributed by atoms with Crippen molar-refractivity contribution in [1.82, 2.24) is 0 Å². The SMILES string of the molecule is CC(C)c1cscc1N1C=CN(c2ccc(C#N)cc2)C1C. The Balaban J connectivity index is 1.86. The summed E-state index contributed by atoms with van der Waals surface area (Å²) in [6.45, 7) is 6.66. The van der Waals surface area contributed by atoms with Crippen LogP contribution in [-0.2, 0) is 0 Å². The van der Waals surface area contributed by atoms with E-state index in [1.54, 1.807) is 11.3 Å². The average Bonchev–Trinajstić information content (AvgIpc) is 3.13. The largest absolute Gasteiger partial charge is 0.326 e. The fourth-order valence-corrected chi connectivity index (χ4v) is 3.75. The number of thiophene rings is 1. The molecule has 2 aromatic rings. The second kappa shape index (κ2) is 5.86. The topological polar surface area (TPSA) is 30.3 Å². The summed E-state index contributed by atoms with van der Waals surface area (Å²) in [7, 11) is 0. The van der Waals surface area contributed by atoms with E-state index < -0.39 is 0 Å². The molecule has 0 spiro atoms. The summed E-state index contributed by atoms with van der Waals surface area (Å²) in [5.41, 5.74) is 4.48. The number of hydrogen-bond donors (Lipinski definition) is 0. The summed E-state index contributed by atoms with van der Waals surface area (Å²) in [5, 5.41) is 13.4. The van der Waals surface area contributed by atoms with Gasteiger partial charge < -0.3 is 9.80 Å². The molecule has 3 nitrogen and oxygen atoms in total. The first-order chi connectivity index (χ1) is 10.6. The third-order valence-corrected chi connectivity index (χ3v) is 4.81. The van der Waals surface area contributed by atoms with Gasteiger partial charge in [0.2, 0.25) is 0 Å². The minimum Gasteiger partial charge on any atom is -0.326 e. The molecule has 22 heavy (non-hydrogen) atoms. The van der Waals surface area contributed by atoms with Crippen molar-refractivity contribution in [2.75, 3.05) is 9.80 Å². The molecule has 112 valence electrons. The lowest BCUT2D eigenvalue weighted by atomic mass is 10.1. The molecule has 1 unspecified atom stereocenters. The van der Waals surface area contributed by atoms with Gasteiger partial charge in [0.15, 0.2) is 0 Å². The van der Waals surface area contributed by atoms with Crippen molar-refractivity contribution in [3.8, 4) is 6.07 Å². The van der Waals surface area contributed by atoms with Gasteiger partial charge in [-0.25, -0.2) is 0 Å². The smallest absolute Gasteiger partial charge is 0.107 e. The Hall–Kier alpha value is -2.25. The molecule has 0 saturated carbocycles. The maximum Gasteiger partial charge on any atom is 0.107 e. The Kier molecular flexibility index (Phi) is 3.91. The Morgan fingerprint density at radius 1 is 1.09 bits per heavy atom. The molecule has 1 aliphatic rings. The van der Waals surface area contributed by atoms with Crippen LogP contribution in [0, 0.1) is 11.3 Å². The minimum atomic E-state index is 0.222. The van der Waals surface area contributed by atoms with Crippen LogP contribution < -0.4 is 9.80 Å². The fourth-order valence-electron chi connectivity index (χ4n) is 2.76. The van der Waals surface area contributed by atoms with E-state index in [-0.39, 0.29) is 6.17 Å². The second-order valence-corrected chi connectivity index (χ2v) is 6.51.